The fourth-order valence-corrected chi connectivity index (χ4v) is 3.76. The van der Waals surface area contributed by atoms with E-state index < -0.39 is 0 Å². The number of hydrogen-bond acceptors (Lipinski definition) is 0. The quantitative estimate of drug-likeness (QED) is 0.542. The molecule has 1 aliphatic carbocycles. The van der Waals surface area contributed by atoms with Crippen molar-refractivity contribution < 1.29 is 21.5 Å². The summed E-state index contributed by atoms with van der Waals surface area (Å²) in [4.78, 5) is 0. The Bertz CT molecular complexity index is 516. The van der Waals surface area contributed by atoms with Gasteiger partial charge in [-0.05, 0) is 29.2 Å². The van der Waals surface area contributed by atoms with Gasteiger partial charge in [-0.3, -0.25) is 0 Å². The van der Waals surface area contributed by atoms with Crippen LogP contribution >= 0.6 is 0 Å². The number of hydrogen-bond donors (Lipinski definition) is 0. The normalized spacial score (nSPS) is 26.7. The predicted octanol–water partition coefficient (Wildman–Crippen LogP) is 0.281. The highest BCUT2D eigenvalue weighted by Gasteiger charge is 2.45. The highest BCUT2D eigenvalue weighted by molar-refractivity contribution is 5.61. The van der Waals surface area contributed by atoms with E-state index in [1.54, 1.807) is 5.57 Å². The molecule has 2 heteroatoms. The van der Waals surface area contributed by atoms with E-state index in [1.165, 1.54) is 24.1 Å². The van der Waals surface area contributed by atoms with E-state index in [9.17, 15) is 0 Å². The van der Waals surface area contributed by atoms with Crippen LogP contribution in [0.25, 0.3) is 6.08 Å². The van der Waals surface area contributed by atoms with Crippen molar-refractivity contribution in [1.29, 1.82) is 0 Å². The highest BCUT2D eigenvalue weighted by atomic mass is 79.9. The van der Waals surface area contributed by atoms with Gasteiger partial charge in [0.15, 0.2) is 0 Å². The number of nitrogens with zero attached hydrogens (tertiary/aromatic N) is 1. The molecule has 1 unspecified atom stereocenters. The zero-order valence-electron chi connectivity index (χ0n) is 11.8. The summed E-state index contributed by atoms with van der Waals surface area (Å²) in [6.45, 7) is 5.20. The van der Waals surface area contributed by atoms with Crippen molar-refractivity contribution in [2.75, 3.05) is 20.6 Å². The molecule has 19 heavy (non-hydrogen) atoms. The fraction of sp³-hybridized carbons (Fsp3) is 0.412. The van der Waals surface area contributed by atoms with E-state index >= 15 is 0 Å². The molecule has 2 atom stereocenters. The summed E-state index contributed by atoms with van der Waals surface area (Å²) >= 11 is 0. The van der Waals surface area contributed by atoms with Gasteiger partial charge < -0.3 is 21.5 Å². The van der Waals surface area contributed by atoms with Gasteiger partial charge in [-0.2, -0.15) is 0 Å². The molecule has 3 rings (SSSR count). The molecule has 2 aliphatic rings. The van der Waals surface area contributed by atoms with E-state index in [1.807, 2.05) is 0 Å². The molecule has 1 aromatic carbocycles. The van der Waals surface area contributed by atoms with Gasteiger partial charge in [0.25, 0.3) is 0 Å². The Labute approximate surface area is 127 Å². The number of likely N-dealkylation sites (N-methyl/N-ethyl adjacent to an activating group) is 1. The molecule has 1 saturated heterocycles. The molecule has 1 nitrogen and oxygen atoms in total. The molecule has 0 spiro atoms. The number of likely N-dealkylation sites (tertiary alicyclic amines) is 1. The fourth-order valence-electron chi connectivity index (χ4n) is 3.76. The van der Waals surface area contributed by atoms with Crippen LogP contribution in [-0.4, -0.2) is 31.2 Å². The molecule has 102 valence electrons. The third-order valence-electron chi connectivity index (χ3n) is 4.62. The predicted molar refractivity (Wildman–Crippen MR) is 77.2 cm³/mol. The first-order valence-electron chi connectivity index (χ1n) is 6.85. The van der Waals surface area contributed by atoms with Crippen LogP contribution < -0.4 is 17.0 Å². The van der Waals surface area contributed by atoms with E-state index in [4.69, 9.17) is 0 Å². The molecule has 1 heterocycles. The smallest absolute Gasteiger partial charge is 0.114 e. The number of halogens is 1. The minimum atomic E-state index is 0. The van der Waals surface area contributed by atoms with Crippen molar-refractivity contribution >= 4 is 6.08 Å². The molecule has 0 aromatic heterocycles. The Balaban J connectivity index is 0.00000133. The van der Waals surface area contributed by atoms with Crippen LogP contribution in [0.1, 0.15) is 17.5 Å². The molecule has 1 fully saturated rings. The Morgan fingerprint density at radius 3 is 2.79 bits per heavy atom. The molecular formula is C17H22BrN. The highest BCUT2D eigenvalue weighted by Crippen LogP contribution is 2.41. The maximum atomic E-state index is 3.93. The van der Waals surface area contributed by atoms with Crippen LogP contribution in [-0.2, 0) is 6.42 Å². The van der Waals surface area contributed by atoms with Crippen LogP contribution in [0.5, 0.6) is 0 Å². The number of quaternary nitrogens is 1. The van der Waals surface area contributed by atoms with Crippen LogP contribution in [0.3, 0.4) is 0 Å². The lowest BCUT2D eigenvalue weighted by molar-refractivity contribution is -0.900. The molecular weight excluding hydrogens is 298 g/mol. The Morgan fingerprint density at radius 1 is 1.32 bits per heavy atom. The summed E-state index contributed by atoms with van der Waals surface area (Å²) in [7, 11) is 4.72. The second-order valence-corrected chi connectivity index (χ2v) is 6.25. The van der Waals surface area contributed by atoms with Crippen LogP contribution in [0.2, 0.25) is 0 Å². The summed E-state index contributed by atoms with van der Waals surface area (Å²) in [5, 5.41) is 0. The molecule has 1 aromatic rings. The largest absolute Gasteiger partial charge is 1.00 e. The molecule has 0 radical (unpaired) electrons. The first kappa shape index (κ1) is 14.5. The topological polar surface area (TPSA) is 0 Å². The lowest BCUT2D eigenvalue weighted by atomic mass is 9.82. The second-order valence-electron chi connectivity index (χ2n) is 6.25. The van der Waals surface area contributed by atoms with Gasteiger partial charge in [0.05, 0.1) is 20.6 Å². The van der Waals surface area contributed by atoms with E-state index in [2.05, 4.69) is 57.1 Å². The van der Waals surface area contributed by atoms with Gasteiger partial charge in [-0.15, -0.1) is 6.58 Å². The molecule has 0 amide bonds. The van der Waals surface area contributed by atoms with Gasteiger partial charge in [0.2, 0.25) is 0 Å². The van der Waals surface area contributed by atoms with Gasteiger partial charge >= 0.3 is 0 Å². The minimum Gasteiger partial charge on any atom is -1.00 e. The number of rotatable bonds is 2. The van der Waals surface area contributed by atoms with E-state index in [0.29, 0.717) is 6.04 Å². The summed E-state index contributed by atoms with van der Waals surface area (Å²) in [6, 6.07) is 9.47. The summed E-state index contributed by atoms with van der Waals surface area (Å²) < 4.78 is 1.11. The molecule has 0 saturated carbocycles. The van der Waals surface area contributed by atoms with Gasteiger partial charge in [-0.25, -0.2) is 0 Å². The van der Waals surface area contributed by atoms with E-state index in [0.717, 1.165) is 16.8 Å². The van der Waals surface area contributed by atoms with Crippen LogP contribution in [0, 0.1) is 5.92 Å². The second kappa shape index (κ2) is 5.26. The Hall–Kier alpha value is -0.860. The number of fused-ring (bicyclic) bond motifs is 2. The molecule has 0 bridgehead atoms. The van der Waals surface area contributed by atoms with Crippen molar-refractivity contribution in [3.63, 3.8) is 0 Å². The van der Waals surface area contributed by atoms with Gasteiger partial charge in [0.1, 0.15) is 6.04 Å². The van der Waals surface area contributed by atoms with Crippen LogP contribution in [0.15, 0.2) is 42.5 Å². The average Bonchev–Trinajstić information content (AvgIpc) is 2.58. The van der Waals surface area contributed by atoms with E-state index in [-0.39, 0.29) is 17.0 Å². The van der Waals surface area contributed by atoms with Crippen molar-refractivity contribution in [2.45, 2.75) is 18.9 Å². The van der Waals surface area contributed by atoms with Crippen LogP contribution in [0.4, 0.5) is 0 Å². The van der Waals surface area contributed by atoms with Gasteiger partial charge in [-0.1, -0.05) is 30.3 Å². The maximum Gasteiger partial charge on any atom is 0.114 e. The third-order valence-corrected chi connectivity index (χ3v) is 4.62. The third kappa shape index (κ3) is 2.44. The zero-order valence-corrected chi connectivity index (χ0v) is 13.4. The summed E-state index contributed by atoms with van der Waals surface area (Å²) in [5.41, 5.74) is 4.60. The molecule has 0 N–H and O–H groups in total. The van der Waals surface area contributed by atoms with Crippen molar-refractivity contribution in [2.24, 2.45) is 5.92 Å². The number of benzene rings is 1. The Kier molecular flexibility index (Phi) is 4.03. The van der Waals surface area contributed by atoms with Gasteiger partial charge in [0, 0.05) is 12.3 Å². The van der Waals surface area contributed by atoms with Crippen molar-refractivity contribution in [3.05, 3.63) is 53.6 Å². The summed E-state index contributed by atoms with van der Waals surface area (Å²) in [5.74, 6) is 0.736. The monoisotopic (exact) mass is 319 g/mol. The lowest BCUT2D eigenvalue weighted by Crippen LogP contribution is -3.00. The first-order valence-corrected chi connectivity index (χ1v) is 6.85. The first-order chi connectivity index (χ1) is 8.62. The minimum absolute atomic E-state index is 0. The Morgan fingerprint density at radius 2 is 2.05 bits per heavy atom. The lowest BCUT2D eigenvalue weighted by Gasteiger charge is -2.31. The SMILES string of the molecule is C=CCC1C2=Cc3ccccc3C[C@@H]2C[N+]1(C)C.[Br-]. The molecule has 1 aliphatic heterocycles. The maximum absolute atomic E-state index is 3.93. The standard InChI is InChI=1S/C17H22N.BrH/c1-4-7-17-16-11-14-9-6-5-8-13(14)10-15(16)12-18(17,2)3;/h4-6,8-9,11,15,17H,1,7,10,12H2,2-3H3;1H/q+1;/p-1/t15-,17?;/m1./s1. The average molecular weight is 320 g/mol. The summed E-state index contributed by atoms with van der Waals surface area (Å²) in [6.07, 6.45) is 6.84. The van der Waals surface area contributed by atoms with Crippen molar-refractivity contribution in [1.82, 2.24) is 0 Å². The van der Waals surface area contributed by atoms with Crippen molar-refractivity contribution in [3.8, 4) is 0 Å². The zero-order chi connectivity index (χ0) is 12.8.